The number of thiophene rings is 1. The van der Waals surface area contributed by atoms with Crippen LogP contribution in [0, 0.1) is 0 Å². The summed E-state index contributed by atoms with van der Waals surface area (Å²) in [6, 6.07) is 2.68. The third-order valence-electron chi connectivity index (χ3n) is 3.10. The molecule has 0 aliphatic carbocycles. The molecule has 0 spiro atoms. The van der Waals surface area contributed by atoms with Gasteiger partial charge in [-0.1, -0.05) is 0 Å². The lowest BCUT2D eigenvalue weighted by atomic mass is 10.1. The smallest absolute Gasteiger partial charge is 0.0386 e. The highest BCUT2D eigenvalue weighted by atomic mass is 79.9. The van der Waals surface area contributed by atoms with Crippen LogP contribution in [0.25, 0.3) is 0 Å². The quantitative estimate of drug-likeness (QED) is 0.880. The molecule has 1 fully saturated rings. The molecule has 2 heterocycles. The number of hydrogen-bond acceptors (Lipinski definition) is 3. The van der Waals surface area contributed by atoms with Crippen molar-refractivity contribution >= 4 is 39.0 Å². The van der Waals surface area contributed by atoms with Gasteiger partial charge in [0.15, 0.2) is 0 Å². The first-order valence-corrected chi connectivity index (χ1v) is 8.36. The number of halogens is 1. The molecule has 1 saturated heterocycles. The average Bonchev–Trinajstić information content (AvgIpc) is 2.85. The SMILES string of the molecule is CC(NCC1(C)CCCS1)c1cc(Br)cs1. The maximum atomic E-state index is 3.66. The van der Waals surface area contributed by atoms with E-state index in [9.17, 15) is 0 Å². The minimum absolute atomic E-state index is 0.461. The first-order valence-electron chi connectivity index (χ1n) is 5.70. The van der Waals surface area contributed by atoms with E-state index in [0.717, 1.165) is 6.54 Å². The van der Waals surface area contributed by atoms with Crippen LogP contribution in [0.3, 0.4) is 0 Å². The van der Waals surface area contributed by atoms with Crippen LogP contribution in [-0.2, 0) is 0 Å². The first-order chi connectivity index (χ1) is 7.59. The zero-order chi connectivity index (χ0) is 11.6. The Morgan fingerprint density at radius 1 is 1.62 bits per heavy atom. The molecule has 2 rings (SSSR count). The maximum Gasteiger partial charge on any atom is 0.0386 e. The summed E-state index contributed by atoms with van der Waals surface area (Å²) in [5.74, 6) is 1.33. The Bertz CT molecular complexity index is 345. The van der Waals surface area contributed by atoms with Crippen molar-refractivity contribution in [2.75, 3.05) is 12.3 Å². The van der Waals surface area contributed by atoms with Gasteiger partial charge >= 0.3 is 0 Å². The number of hydrogen-bond donors (Lipinski definition) is 1. The molecule has 16 heavy (non-hydrogen) atoms. The van der Waals surface area contributed by atoms with Crippen LogP contribution < -0.4 is 5.32 Å². The highest BCUT2D eigenvalue weighted by Crippen LogP contribution is 2.37. The summed E-state index contributed by atoms with van der Waals surface area (Å²) >= 11 is 7.45. The second-order valence-electron chi connectivity index (χ2n) is 4.67. The normalized spacial score (nSPS) is 27.2. The second-order valence-corrected chi connectivity index (χ2v) is 8.21. The molecule has 2 unspecified atom stereocenters. The van der Waals surface area contributed by atoms with Crippen molar-refractivity contribution < 1.29 is 0 Å². The molecule has 4 heteroatoms. The van der Waals surface area contributed by atoms with Crippen molar-refractivity contribution in [1.82, 2.24) is 5.32 Å². The highest BCUT2D eigenvalue weighted by Gasteiger charge is 2.29. The van der Waals surface area contributed by atoms with E-state index in [0.29, 0.717) is 10.8 Å². The lowest BCUT2D eigenvalue weighted by Gasteiger charge is -2.25. The van der Waals surface area contributed by atoms with Crippen molar-refractivity contribution in [3.63, 3.8) is 0 Å². The molecule has 90 valence electrons. The Hall–Kier alpha value is 0.490. The zero-order valence-corrected chi connectivity index (χ0v) is 13.0. The van der Waals surface area contributed by atoms with E-state index in [-0.39, 0.29) is 0 Å². The summed E-state index contributed by atoms with van der Waals surface area (Å²) in [6.07, 6.45) is 2.73. The van der Waals surface area contributed by atoms with Crippen LogP contribution >= 0.6 is 39.0 Å². The standard InChI is InChI=1S/C12H18BrNS2/c1-9(11-6-10(13)7-15-11)14-8-12(2)4-3-5-16-12/h6-7,9,14H,3-5,8H2,1-2H3. The fourth-order valence-corrected chi connectivity index (χ4v) is 4.73. The minimum Gasteiger partial charge on any atom is -0.308 e. The Balaban J connectivity index is 1.86. The van der Waals surface area contributed by atoms with Crippen molar-refractivity contribution in [1.29, 1.82) is 0 Å². The molecular formula is C12H18BrNS2. The van der Waals surface area contributed by atoms with Gasteiger partial charge in [0.05, 0.1) is 0 Å². The van der Waals surface area contributed by atoms with Crippen molar-refractivity contribution in [3.05, 3.63) is 20.8 Å². The Labute approximate surface area is 115 Å². The van der Waals surface area contributed by atoms with E-state index in [1.54, 1.807) is 0 Å². The van der Waals surface area contributed by atoms with Gasteiger partial charge in [0, 0.05) is 32.1 Å². The van der Waals surface area contributed by atoms with Gasteiger partial charge < -0.3 is 5.32 Å². The summed E-state index contributed by atoms with van der Waals surface area (Å²) in [5.41, 5.74) is 0. The molecule has 0 aromatic carbocycles. The summed E-state index contributed by atoms with van der Waals surface area (Å²) in [4.78, 5) is 1.42. The van der Waals surface area contributed by atoms with Gasteiger partial charge in [-0.25, -0.2) is 0 Å². The molecule has 1 nitrogen and oxygen atoms in total. The van der Waals surface area contributed by atoms with Crippen molar-refractivity contribution in [3.8, 4) is 0 Å². The monoisotopic (exact) mass is 319 g/mol. The molecule has 0 saturated carbocycles. The summed E-state index contributed by atoms with van der Waals surface area (Å²) in [5, 5.41) is 5.82. The van der Waals surface area contributed by atoms with E-state index in [1.165, 1.54) is 27.9 Å². The predicted molar refractivity (Wildman–Crippen MR) is 78.5 cm³/mol. The Morgan fingerprint density at radius 3 is 3.00 bits per heavy atom. The van der Waals surface area contributed by atoms with E-state index in [2.05, 4.69) is 58.3 Å². The molecule has 1 aromatic heterocycles. The second kappa shape index (κ2) is 5.42. The van der Waals surface area contributed by atoms with Crippen LogP contribution in [0.1, 0.15) is 37.6 Å². The fraction of sp³-hybridized carbons (Fsp3) is 0.667. The molecule has 1 N–H and O–H groups in total. The van der Waals surface area contributed by atoms with Gasteiger partial charge in [-0.15, -0.1) is 11.3 Å². The van der Waals surface area contributed by atoms with E-state index in [4.69, 9.17) is 0 Å². The molecule has 1 aliphatic rings. The van der Waals surface area contributed by atoms with Gasteiger partial charge in [-0.05, 0) is 54.4 Å². The highest BCUT2D eigenvalue weighted by molar-refractivity contribution is 9.10. The van der Waals surface area contributed by atoms with Gasteiger partial charge in [-0.2, -0.15) is 11.8 Å². The molecule has 0 radical (unpaired) electrons. The van der Waals surface area contributed by atoms with Crippen LogP contribution in [0.15, 0.2) is 15.9 Å². The topological polar surface area (TPSA) is 12.0 Å². The molecule has 2 atom stereocenters. The third-order valence-corrected chi connectivity index (χ3v) is 6.51. The first kappa shape index (κ1) is 12.9. The van der Waals surface area contributed by atoms with Gasteiger partial charge in [0.2, 0.25) is 0 Å². The predicted octanol–water partition coefficient (Wildman–Crippen LogP) is 4.45. The summed E-state index contributed by atoms with van der Waals surface area (Å²) in [7, 11) is 0. The third kappa shape index (κ3) is 3.25. The van der Waals surface area contributed by atoms with Crippen molar-refractivity contribution in [2.24, 2.45) is 0 Å². The number of thioether (sulfide) groups is 1. The number of nitrogens with one attached hydrogen (secondary N) is 1. The summed E-state index contributed by atoms with van der Waals surface area (Å²) in [6.45, 7) is 5.75. The summed E-state index contributed by atoms with van der Waals surface area (Å²) < 4.78 is 1.66. The van der Waals surface area contributed by atoms with Gasteiger partial charge in [0.1, 0.15) is 0 Å². The van der Waals surface area contributed by atoms with Crippen LogP contribution in [0.5, 0.6) is 0 Å². The molecule has 0 amide bonds. The Morgan fingerprint density at radius 2 is 2.44 bits per heavy atom. The Kier molecular flexibility index (Phi) is 4.38. The molecule has 0 bridgehead atoms. The minimum atomic E-state index is 0.461. The largest absolute Gasteiger partial charge is 0.308 e. The lowest BCUT2D eigenvalue weighted by Crippen LogP contribution is -2.34. The van der Waals surface area contributed by atoms with Crippen molar-refractivity contribution in [2.45, 2.75) is 37.5 Å². The fourth-order valence-electron chi connectivity index (χ4n) is 2.00. The maximum absolute atomic E-state index is 3.66. The van der Waals surface area contributed by atoms with E-state index in [1.807, 2.05) is 11.3 Å². The van der Waals surface area contributed by atoms with Crippen LogP contribution in [0.2, 0.25) is 0 Å². The van der Waals surface area contributed by atoms with Gasteiger partial charge in [-0.3, -0.25) is 0 Å². The van der Waals surface area contributed by atoms with Crippen LogP contribution in [0.4, 0.5) is 0 Å². The van der Waals surface area contributed by atoms with Gasteiger partial charge in [0.25, 0.3) is 0 Å². The molecular weight excluding hydrogens is 302 g/mol. The van der Waals surface area contributed by atoms with Crippen LogP contribution in [-0.4, -0.2) is 17.0 Å². The molecule has 1 aliphatic heterocycles. The lowest BCUT2D eigenvalue weighted by molar-refractivity contribution is 0.494. The average molecular weight is 320 g/mol. The number of rotatable bonds is 4. The zero-order valence-electron chi connectivity index (χ0n) is 9.75. The van der Waals surface area contributed by atoms with E-state index >= 15 is 0 Å². The van der Waals surface area contributed by atoms with E-state index < -0.39 is 0 Å². The molecule has 1 aromatic rings.